The smallest absolute Gasteiger partial charge is 0.266 e. The first-order chi connectivity index (χ1) is 13.5. The molecule has 2 aromatic carbocycles. The van der Waals surface area contributed by atoms with Gasteiger partial charge >= 0.3 is 0 Å². The third-order valence-electron chi connectivity index (χ3n) is 4.40. The van der Waals surface area contributed by atoms with E-state index >= 15 is 0 Å². The van der Waals surface area contributed by atoms with Crippen molar-refractivity contribution >= 4 is 28.5 Å². The van der Waals surface area contributed by atoms with Crippen LogP contribution in [0.4, 0.5) is 5.69 Å². The lowest BCUT2D eigenvalue weighted by molar-refractivity contribution is -0.129. The molecule has 1 aliphatic rings. The summed E-state index contributed by atoms with van der Waals surface area (Å²) in [5, 5.41) is 0.698. The van der Waals surface area contributed by atoms with Gasteiger partial charge in [0.1, 0.15) is 17.2 Å². The second-order valence-corrected chi connectivity index (χ2v) is 7.99. The molecular weight excluding hydrogens is 372 g/mol. The topological polar surface area (TPSA) is 51.1 Å². The Morgan fingerprint density at radius 3 is 2.57 bits per heavy atom. The lowest BCUT2D eigenvalue weighted by Crippen LogP contribution is -2.41. The molecule has 1 amide bonds. The lowest BCUT2D eigenvalue weighted by atomic mass is 10.1. The van der Waals surface area contributed by atoms with E-state index in [1.165, 1.54) is 0 Å². The number of benzene rings is 2. The lowest BCUT2D eigenvalue weighted by Gasteiger charge is -2.28. The van der Waals surface area contributed by atoms with Crippen LogP contribution in [-0.2, 0) is 4.79 Å². The summed E-state index contributed by atoms with van der Waals surface area (Å²) in [6.45, 7) is 6.69. The molecule has 0 saturated carbocycles. The van der Waals surface area contributed by atoms with Gasteiger partial charge in [0, 0.05) is 12.3 Å². The fourth-order valence-electron chi connectivity index (χ4n) is 3.11. The van der Waals surface area contributed by atoms with Crippen molar-refractivity contribution in [3.05, 3.63) is 53.1 Å². The Balaban J connectivity index is 1.77. The zero-order valence-electron chi connectivity index (χ0n) is 16.8. The van der Waals surface area contributed by atoms with Gasteiger partial charge in [-0.2, -0.15) is 0 Å². The molecule has 1 saturated heterocycles. The third-order valence-corrected chi connectivity index (χ3v) is 5.46. The highest BCUT2D eigenvalue weighted by molar-refractivity contribution is 8.13. The molecule has 0 unspecified atom stereocenters. The molecule has 0 aliphatic carbocycles. The predicted molar refractivity (Wildman–Crippen MR) is 115 cm³/mol. The maximum atomic E-state index is 12.8. The monoisotopic (exact) mass is 398 g/mol. The van der Waals surface area contributed by atoms with Crippen LogP contribution in [0.1, 0.15) is 23.1 Å². The molecule has 0 bridgehead atoms. The summed E-state index contributed by atoms with van der Waals surface area (Å²) in [5.41, 5.74) is 4.06. The van der Waals surface area contributed by atoms with Gasteiger partial charge in [-0.05, 0) is 68.1 Å². The van der Waals surface area contributed by atoms with Crippen molar-refractivity contribution in [1.82, 2.24) is 4.90 Å². The number of hydrogen-bond acceptors (Lipinski definition) is 5. The van der Waals surface area contributed by atoms with Gasteiger partial charge in [0.05, 0.1) is 7.11 Å². The van der Waals surface area contributed by atoms with Crippen molar-refractivity contribution < 1.29 is 14.3 Å². The molecule has 0 atom stereocenters. The molecule has 1 heterocycles. The standard InChI is InChI=1S/C22H26N2O3S/c1-15-6-7-20(26-4)19(13-15)23-22-24(8-5-9-28-22)21(25)14-27-18-11-16(2)10-17(3)12-18/h6-7,10-13H,5,8-9,14H2,1-4H3. The van der Waals surface area contributed by atoms with Gasteiger partial charge < -0.3 is 9.47 Å². The van der Waals surface area contributed by atoms with E-state index in [-0.39, 0.29) is 12.5 Å². The summed E-state index contributed by atoms with van der Waals surface area (Å²) in [7, 11) is 1.63. The maximum absolute atomic E-state index is 12.8. The molecule has 0 spiro atoms. The number of rotatable bonds is 5. The van der Waals surface area contributed by atoms with Gasteiger partial charge in [0.25, 0.3) is 5.91 Å². The van der Waals surface area contributed by atoms with Crippen molar-refractivity contribution in [3.63, 3.8) is 0 Å². The first kappa shape index (κ1) is 20.3. The van der Waals surface area contributed by atoms with E-state index in [9.17, 15) is 4.79 Å². The number of aliphatic imine (C=N–C) groups is 1. The molecule has 148 valence electrons. The van der Waals surface area contributed by atoms with Crippen molar-refractivity contribution in [1.29, 1.82) is 0 Å². The number of amides is 1. The van der Waals surface area contributed by atoms with E-state index in [2.05, 4.69) is 6.07 Å². The number of nitrogens with zero attached hydrogens (tertiary/aromatic N) is 2. The van der Waals surface area contributed by atoms with Crippen LogP contribution >= 0.6 is 11.8 Å². The zero-order valence-corrected chi connectivity index (χ0v) is 17.6. The van der Waals surface area contributed by atoms with Gasteiger partial charge in [-0.25, -0.2) is 4.99 Å². The molecule has 3 rings (SSSR count). The number of amidine groups is 1. The van der Waals surface area contributed by atoms with E-state index in [1.54, 1.807) is 23.8 Å². The van der Waals surface area contributed by atoms with E-state index in [0.29, 0.717) is 23.2 Å². The zero-order chi connectivity index (χ0) is 20.1. The Kier molecular flexibility index (Phi) is 6.62. The summed E-state index contributed by atoms with van der Waals surface area (Å²) in [5.74, 6) is 2.27. The molecule has 0 radical (unpaired) electrons. The summed E-state index contributed by atoms with van der Waals surface area (Å²) in [4.78, 5) is 19.3. The third kappa shape index (κ3) is 5.07. The SMILES string of the molecule is COc1ccc(C)cc1N=C1SCCCN1C(=O)COc1cc(C)cc(C)c1. The van der Waals surface area contributed by atoms with Crippen LogP contribution in [0.25, 0.3) is 0 Å². The number of hydrogen-bond donors (Lipinski definition) is 0. The average molecular weight is 399 g/mol. The first-order valence-electron chi connectivity index (χ1n) is 9.34. The fraction of sp³-hybridized carbons (Fsp3) is 0.364. The highest BCUT2D eigenvalue weighted by Gasteiger charge is 2.24. The molecule has 1 aliphatic heterocycles. The Morgan fingerprint density at radius 1 is 1.11 bits per heavy atom. The highest BCUT2D eigenvalue weighted by Crippen LogP contribution is 2.31. The van der Waals surface area contributed by atoms with Crippen molar-refractivity contribution in [2.75, 3.05) is 26.0 Å². The van der Waals surface area contributed by atoms with E-state index in [1.807, 2.05) is 51.1 Å². The van der Waals surface area contributed by atoms with Crippen LogP contribution < -0.4 is 9.47 Å². The van der Waals surface area contributed by atoms with E-state index < -0.39 is 0 Å². The molecule has 0 aromatic heterocycles. The van der Waals surface area contributed by atoms with E-state index in [4.69, 9.17) is 14.5 Å². The maximum Gasteiger partial charge on any atom is 0.266 e. The molecule has 5 nitrogen and oxygen atoms in total. The molecule has 2 aromatic rings. The van der Waals surface area contributed by atoms with Crippen LogP contribution in [0.3, 0.4) is 0 Å². The molecule has 1 fully saturated rings. The van der Waals surface area contributed by atoms with Gasteiger partial charge in [-0.1, -0.05) is 23.9 Å². The molecule has 28 heavy (non-hydrogen) atoms. The number of methoxy groups -OCH3 is 1. The number of ether oxygens (including phenoxy) is 2. The summed E-state index contributed by atoms with van der Waals surface area (Å²) >= 11 is 1.59. The number of carbonyl (C=O) groups is 1. The van der Waals surface area contributed by atoms with Crippen LogP contribution in [0.15, 0.2) is 41.4 Å². The second-order valence-electron chi connectivity index (χ2n) is 6.93. The summed E-state index contributed by atoms with van der Waals surface area (Å²) in [6.07, 6.45) is 0.934. The van der Waals surface area contributed by atoms with Crippen molar-refractivity contribution in [3.8, 4) is 11.5 Å². The van der Waals surface area contributed by atoms with Crippen LogP contribution in [0, 0.1) is 20.8 Å². The minimum Gasteiger partial charge on any atom is -0.494 e. The van der Waals surface area contributed by atoms with Crippen LogP contribution in [0.2, 0.25) is 0 Å². The molecule has 0 N–H and O–H groups in total. The van der Waals surface area contributed by atoms with Crippen molar-refractivity contribution in [2.24, 2.45) is 4.99 Å². The largest absolute Gasteiger partial charge is 0.494 e. The highest BCUT2D eigenvalue weighted by atomic mass is 32.2. The Hall–Kier alpha value is -2.47. The minimum absolute atomic E-state index is 0.00652. The van der Waals surface area contributed by atoms with E-state index in [0.717, 1.165) is 34.6 Å². The predicted octanol–water partition coefficient (Wildman–Crippen LogP) is 4.65. The van der Waals surface area contributed by atoms with Crippen molar-refractivity contribution in [2.45, 2.75) is 27.2 Å². The molecule has 6 heteroatoms. The van der Waals surface area contributed by atoms with Gasteiger partial charge in [-0.15, -0.1) is 0 Å². The van der Waals surface area contributed by atoms with Crippen LogP contribution in [-0.4, -0.2) is 42.0 Å². The average Bonchev–Trinajstić information content (AvgIpc) is 2.66. The molecular formula is C22H26N2O3S. The Bertz CT molecular complexity index is 875. The quantitative estimate of drug-likeness (QED) is 0.735. The normalized spacial score (nSPS) is 15.6. The number of aryl methyl sites for hydroxylation is 3. The first-order valence-corrected chi connectivity index (χ1v) is 10.3. The summed E-state index contributed by atoms with van der Waals surface area (Å²) < 4.78 is 11.2. The second kappa shape index (κ2) is 9.15. The fourth-order valence-corrected chi connectivity index (χ4v) is 4.08. The Morgan fingerprint density at radius 2 is 1.86 bits per heavy atom. The van der Waals surface area contributed by atoms with Gasteiger partial charge in [-0.3, -0.25) is 9.69 Å². The number of carbonyl (C=O) groups excluding carboxylic acids is 1. The minimum atomic E-state index is -0.0864. The number of thioether (sulfide) groups is 1. The van der Waals surface area contributed by atoms with Gasteiger partial charge in [0.2, 0.25) is 0 Å². The van der Waals surface area contributed by atoms with Crippen LogP contribution in [0.5, 0.6) is 11.5 Å². The van der Waals surface area contributed by atoms with Gasteiger partial charge in [0.15, 0.2) is 11.8 Å². The Labute approximate surface area is 170 Å². The summed E-state index contributed by atoms with van der Waals surface area (Å²) in [6, 6.07) is 11.8.